The number of nitrogens with zero attached hydrogens (tertiary/aromatic N) is 1. The molecule has 3 heteroatoms. The fourth-order valence-corrected chi connectivity index (χ4v) is 2.83. The molecule has 1 aromatic heterocycles. The predicted molar refractivity (Wildman–Crippen MR) is 59.6 cm³/mol. The summed E-state index contributed by atoms with van der Waals surface area (Å²) >= 11 is 3.52. The molecule has 1 aliphatic heterocycles. The van der Waals surface area contributed by atoms with Gasteiger partial charge < -0.3 is 9.67 Å². The van der Waals surface area contributed by atoms with E-state index in [0.29, 0.717) is 5.75 Å². The van der Waals surface area contributed by atoms with Gasteiger partial charge in [0.1, 0.15) is 5.75 Å². The average molecular weight is 252 g/mol. The van der Waals surface area contributed by atoms with Crippen LogP contribution in [0, 0.1) is 0 Å². The van der Waals surface area contributed by atoms with Crippen molar-refractivity contribution in [3.8, 4) is 5.75 Å². The van der Waals surface area contributed by atoms with E-state index in [0.717, 1.165) is 29.2 Å². The molecule has 0 aliphatic carbocycles. The molecule has 0 spiro atoms. The van der Waals surface area contributed by atoms with Crippen LogP contribution in [-0.4, -0.2) is 9.67 Å². The first-order valence-corrected chi connectivity index (χ1v) is 5.55. The summed E-state index contributed by atoms with van der Waals surface area (Å²) in [6.45, 7) is 1.08. The Morgan fingerprint density at radius 1 is 1.36 bits per heavy atom. The third-order valence-corrected chi connectivity index (χ3v) is 3.46. The molecule has 0 amide bonds. The van der Waals surface area contributed by atoms with Gasteiger partial charge in [0.25, 0.3) is 0 Å². The fourth-order valence-electron chi connectivity index (χ4n) is 2.28. The Labute approximate surface area is 90.3 Å². The zero-order valence-corrected chi connectivity index (χ0v) is 9.21. The monoisotopic (exact) mass is 251 g/mol. The van der Waals surface area contributed by atoms with Gasteiger partial charge in [-0.3, -0.25) is 0 Å². The van der Waals surface area contributed by atoms with Crippen LogP contribution < -0.4 is 0 Å². The van der Waals surface area contributed by atoms with Crippen LogP contribution >= 0.6 is 15.9 Å². The lowest BCUT2D eigenvalue weighted by atomic mass is 10.0. The fraction of sp³-hybridized carbons (Fsp3) is 0.273. The second-order valence-electron chi connectivity index (χ2n) is 3.78. The lowest BCUT2D eigenvalue weighted by Gasteiger charge is -2.15. The van der Waals surface area contributed by atoms with Crippen LogP contribution in [0.1, 0.15) is 12.0 Å². The first kappa shape index (κ1) is 8.36. The molecule has 0 fully saturated rings. The topological polar surface area (TPSA) is 25.2 Å². The molecule has 0 saturated carbocycles. The van der Waals surface area contributed by atoms with Gasteiger partial charge in [-0.2, -0.15) is 0 Å². The average Bonchev–Trinajstić information content (AvgIpc) is 2.45. The van der Waals surface area contributed by atoms with Crippen LogP contribution in [0.25, 0.3) is 10.9 Å². The Kier molecular flexibility index (Phi) is 1.65. The first-order valence-electron chi connectivity index (χ1n) is 4.76. The van der Waals surface area contributed by atoms with E-state index < -0.39 is 0 Å². The van der Waals surface area contributed by atoms with Crippen molar-refractivity contribution >= 4 is 26.8 Å². The van der Waals surface area contributed by atoms with Crippen molar-refractivity contribution in [2.75, 3.05) is 0 Å². The molecule has 3 rings (SSSR count). The van der Waals surface area contributed by atoms with Crippen LogP contribution in [0.3, 0.4) is 0 Å². The number of aryl methyl sites for hydroxylation is 2. The molecule has 72 valence electrons. The number of benzene rings is 1. The Hall–Kier alpha value is -0.960. The number of phenolic OH excluding ortho intramolecular Hbond substituents is 1. The summed E-state index contributed by atoms with van der Waals surface area (Å²) in [6, 6.07) is 3.70. The summed E-state index contributed by atoms with van der Waals surface area (Å²) in [7, 11) is 0. The molecule has 2 heterocycles. The Morgan fingerprint density at radius 2 is 2.21 bits per heavy atom. The summed E-state index contributed by atoms with van der Waals surface area (Å²) in [5, 5.41) is 10.7. The van der Waals surface area contributed by atoms with E-state index in [1.807, 2.05) is 12.1 Å². The van der Waals surface area contributed by atoms with Crippen LogP contribution in [0.15, 0.2) is 22.8 Å². The van der Waals surface area contributed by atoms with Crippen molar-refractivity contribution in [1.82, 2.24) is 4.57 Å². The number of aromatic hydroxyl groups is 1. The van der Waals surface area contributed by atoms with Gasteiger partial charge in [0, 0.05) is 22.6 Å². The van der Waals surface area contributed by atoms with Crippen molar-refractivity contribution < 1.29 is 5.11 Å². The molecule has 2 nitrogen and oxygen atoms in total. The van der Waals surface area contributed by atoms with Gasteiger partial charge in [-0.1, -0.05) is 0 Å². The summed E-state index contributed by atoms with van der Waals surface area (Å²) in [4.78, 5) is 0. The van der Waals surface area contributed by atoms with E-state index in [2.05, 4.69) is 26.7 Å². The van der Waals surface area contributed by atoms with Crippen molar-refractivity contribution in [2.45, 2.75) is 19.4 Å². The first-order chi connectivity index (χ1) is 6.75. The Bertz CT molecular complexity index is 515. The van der Waals surface area contributed by atoms with Crippen molar-refractivity contribution in [2.24, 2.45) is 0 Å². The minimum atomic E-state index is 0.368. The molecule has 0 saturated heterocycles. The van der Waals surface area contributed by atoms with E-state index in [1.165, 1.54) is 11.1 Å². The van der Waals surface area contributed by atoms with Gasteiger partial charge in [-0.25, -0.2) is 0 Å². The van der Waals surface area contributed by atoms with Crippen LogP contribution in [0.2, 0.25) is 0 Å². The molecular weight excluding hydrogens is 242 g/mol. The van der Waals surface area contributed by atoms with Gasteiger partial charge in [0.2, 0.25) is 0 Å². The highest BCUT2D eigenvalue weighted by atomic mass is 79.9. The van der Waals surface area contributed by atoms with Gasteiger partial charge in [0.05, 0.1) is 5.52 Å². The summed E-state index contributed by atoms with van der Waals surface area (Å²) in [6.07, 6.45) is 4.33. The molecule has 2 aromatic rings. The highest BCUT2D eigenvalue weighted by molar-refractivity contribution is 9.10. The molecule has 0 unspecified atom stereocenters. The molecule has 0 radical (unpaired) electrons. The molecule has 1 aromatic carbocycles. The molecular formula is C11H10BrNO. The smallest absolute Gasteiger partial charge is 0.116 e. The molecule has 0 atom stereocenters. The number of halogens is 1. The Balaban J connectivity index is 2.49. The minimum Gasteiger partial charge on any atom is -0.508 e. The van der Waals surface area contributed by atoms with Crippen LogP contribution in [-0.2, 0) is 13.0 Å². The third kappa shape index (κ3) is 1.02. The van der Waals surface area contributed by atoms with Gasteiger partial charge >= 0.3 is 0 Å². The Morgan fingerprint density at radius 3 is 3.07 bits per heavy atom. The quantitative estimate of drug-likeness (QED) is 0.765. The molecule has 0 bridgehead atoms. The summed E-state index contributed by atoms with van der Waals surface area (Å²) in [5.41, 5.74) is 2.54. The predicted octanol–water partition coefficient (Wildman–Crippen LogP) is 3.06. The van der Waals surface area contributed by atoms with Gasteiger partial charge in [0.15, 0.2) is 0 Å². The van der Waals surface area contributed by atoms with E-state index in [1.54, 1.807) is 0 Å². The second-order valence-corrected chi connectivity index (χ2v) is 4.63. The van der Waals surface area contributed by atoms with E-state index in [4.69, 9.17) is 0 Å². The van der Waals surface area contributed by atoms with E-state index in [9.17, 15) is 5.11 Å². The van der Waals surface area contributed by atoms with Gasteiger partial charge in [-0.05, 0) is 46.5 Å². The van der Waals surface area contributed by atoms with Crippen molar-refractivity contribution in [1.29, 1.82) is 0 Å². The lowest BCUT2D eigenvalue weighted by Crippen LogP contribution is -2.05. The standard InChI is InChI=1S/C11H10BrNO/c12-10-6-13-3-1-2-7-4-8(14)5-9(10)11(7)13/h4-6,14H,1-3H2. The normalized spacial score (nSPS) is 14.9. The zero-order chi connectivity index (χ0) is 9.71. The number of hydrogen-bond acceptors (Lipinski definition) is 1. The van der Waals surface area contributed by atoms with Crippen molar-refractivity contribution in [3.63, 3.8) is 0 Å². The van der Waals surface area contributed by atoms with Crippen LogP contribution in [0.4, 0.5) is 0 Å². The van der Waals surface area contributed by atoms with E-state index in [-0.39, 0.29) is 0 Å². The van der Waals surface area contributed by atoms with Crippen LogP contribution in [0.5, 0.6) is 5.75 Å². The third-order valence-electron chi connectivity index (χ3n) is 2.83. The number of phenols is 1. The maximum Gasteiger partial charge on any atom is 0.116 e. The van der Waals surface area contributed by atoms with Gasteiger partial charge in [-0.15, -0.1) is 0 Å². The number of hydrogen-bond donors (Lipinski definition) is 1. The second kappa shape index (κ2) is 2.76. The lowest BCUT2D eigenvalue weighted by molar-refractivity contribution is 0.474. The van der Waals surface area contributed by atoms with E-state index >= 15 is 0 Å². The maximum absolute atomic E-state index is 9.57. The minimum absolute atomic E-state index is 0.368. The highest BCUT2D eigenvalue weighted by Gasteiger charge is 2.15. The molecule has 14 heavy (non-hydrogen) atoms. The SMILES string of the molecule is Oc1cc2c3c(c1)c(Br)cn3CCC2. The highest BCUT2D eigenvalue weighted by Crippen LogP contribution is 2.35. The molecule has 1 aliphatic rings. The molecule has 1 N–H and O–H groups in total. The van der Waals surface area contributed by atoms with Crippen molar-refractivity contribution in [3.05, 3.63) is 28.4 Å². The number of aromatic nitrogens is 1. The zero-order valence-electron chi connectivity index (χ0n) is 7.63. The summed E-state index contributed by atoms with van der Waals surface area (Å²) in [5.74, 6) is 0.368. The maximum atomic E-state index is 9.57. The largest absolute Gasteiger partial charge is 0.508 e. The number of rotatable bonds is 0. The summed E-state index contributed by atoms with van der Waals surface area (Å²) < 4.78 is 3.34.